The number of nitrogens with one attached hydrogen (secondary N) is 1. The summed E-state index contributed by atoms with van der Waals surface area (Å²) in [6.45, 7) is 2.80. The van der Waals surface area contributed by atoms with Gasteiger partial charge in [0.25, 0.3) is 0 Å². The molecular formula is C16H18N2O3. The first-order chi connectivity index (χ1) is 10.4. The Morgan fingerprint density at radius 2 is 1.95 bits per heavy atom. The zero-order valence-electron chi connectivity index (χ0n) is 11.8. The average Bonchev–Trinajstić information content (AvgIpc) is 2.54. The summed E-state index contributed by atoms with van der Waals surface area (Å²) in [5, 5.41) is 5.67. The molecule has 0 saturated carbocycles. The number of pyridine rings is 1. The molecule has 1 aromatic carbocycles. The highest BCUT2D eigenvalue weighted by atomic mass is 16.6. The summed E-state index contributed by atoms with van der Waals surface area (Å²) in [5.41, 5.74) is 0. The number of hydrogen-bond donors (Lipinski definition) is 1. The molecule has 1 saturated heterocycles. The van der Waals surface area contributed by atoms with E-state index in [9.17, 15) is 0 Å². The van der Waals surface area contributed by atoms with Crippen LogP contribution in [-0.4, -0.2) is 37.5 Å². The van der Waals surface area contributed by atoms with Crippen LogP contribution in [0.2, 0.25) is 0 Å². The third-order valence-corrected chi connectivity index (χ3v) is 3.93. The number of aromatic nitrogens is 1. The van der Waals surface area contributed by atoms with E-state index >= 15 is 0 Å². The van der Waals surface area contributed by atoms with E-state index in [1.165, 1.54) is 0 Å². The van der Waals surface area contributed by atoms with Gasteiger partial charge in [-0.25, -0.2) is 4.98 Å². The van der Waals surface area contributed by atoms with Gasteiger partial charge in [0.2, 0.25) is 0 Å². The Morgan fingerprint density at radius 3 is 2.76 bits per heavy atom. The monoisotopic (exact) mass is 286 g/mol. The summed E-state index contributed by atoms with van der Waals surface area (Å²) in [4.78, 5) is 4.49. The number of ether oxygens (including phenoxy) is 3. The van der Waals surface area contributed by atoms with Crippen LogP contribution in [-0.2, 0) is 4.74 Å². The average molecular weight is 286 g/mol. The van der Waals surface area contributed by atoms with Gasteiger partial charge in [-0.2, -0.15) is 0 Å². The van der Waals surface area contributed by atoms with Crippen LogP contribution in [0.3, 0.4) is 0 Å². The molecule has 0 aliphatic carbocycles. The van der Waals surface area contributed by atoms with Gasteiger partial charge in [0.05, 0.1) is 12.6 Å². The van der Waals surface area contributed by atoms with Crippen LogP contribution in [0.25, 0.3) is 10.8 Å². The second-order valence-corrected chi connectivity index (χ2v) is 5.43. The minimum absolute atomic E-state index is 0.324. The minimum atomic E-state index is 0.324. The second kappa shape index (κ2) is 5.41. The van der Waals surface area contributed by atoms with E-state index < -0.39 is 0 Å². The van der Waals surface area contributed by atoms with Gasteiger partial charge >= 0.3 is 0 Å². The minimum Gasteiger partial charge on any atom is -0.486 e. The summed E-state index contributed by atoms with van der Waals surface area (Å²) in [7, 11) is 0. The molecule has 0 bridgehead atoms. The van der Waals surface area contributed by atoms with Crippen LogP contribution in [0, 0.1) is 0 Å². The summed E-state index contributed by atoms with van der Waals surface area (Å²) >= 11 is 0. The van der Waals surface area contributed by atoms with E-state index in [0.29, 0.717) is 19.3 Å². The van der Waals surface area contributed by atoms with Crippen molar-refractivity contribution in [3.8, 4) is 11.5 Å². The lowest BCUT2D eigenvalue weighted by atomic mass is 10.1. The Kier molecular flexibility index (Phi) is 3.27. The van der Waals surface area contributed by atoms with E-state index in [4.69, 9.17) is 14.2 Å². The van der Waals surface area contributed by atoms with E-state index in [2.05, 4.69) is 10.3 Å². The van der Waals surface area contributed by atoms with Gasteiger partial charge in [0, 0.05) is 18.2 Å². The summed E-state index contributed by atoms with van der Waals surface area (Å²) in [6, 6.07) is 6.36. The topological polar surface area (TPSA) is 52.6 Å². The van der Waals surface area contributed by atoms with Gasteiger partial charge in [-0.3, -0.25) is 0 Å². The van der Waals surface area contributed by atoms with Crippen molar-refractivity contribution in [2.75, 3.05) is 31.7 Å². The summed E-state index contributed by atoms with van der Waals surface area (Å²) < 4.78 is 16.8. The van der Waals surface area contributed by atoms with Crippen molar-refractivity contribution >= 4 is 16.6 Å². The maximum absolute atomic E-state index is 5.67. The van der Waals surface area contributed by atoms with Gasteiger partial charge in [-0.05, 0) is 36.4 Å². The Bertz CT molecular complexity index is 653. The van der Waals surface area contributed by atoms with Crippen LogP contribution in [0.15, 0.2) is 24.4 Å². The van der Waals surface area contributed by atoms with Gasteiger partial charge in [0.1, 0.15) is 19.0 Å². The van der Waals surface area contributed by atoms with Crippen LogP contribution in [0.4, 0.5) is 5.82 Å². The van der Waals surface area contributed by atoms with Crippen LogP contribution in [0.1, 0.15) is 12.8 Å². The molecule has 5 heteroatoms. The van der Waals surface area contributed by atoms with Crippen molar-refractivity contribution in [2.45, 2.75) is 18.9 Å². The molecule has 0 spiro atoms. The predicted molar refractivity (Wildman–Crippen MR) is 80.2 cm³/mol. The number of hydrogen-bond acceptors (Lipinski definition) is 5. The predicted octanol–water partition coefficient (Wildman–Crippen LogP) is 2.60. The molecule has 1 atom stereocenters. The standard InChI is InChI=1S/C16H18N2O3/c1-2-12(10-19-5-1)18-16-13-9-15-14(20-6-7-21-15)8-11(13)3-4-17-16/h3-4,8-9,12H,1-2,5-7,10H2,(H,17,18). The summed E-state index contributed by atoms with van der Waals surface area (Å²) in [6.07, 6.45) is 4.03. The zero-order chi connectivity index (χ0) is 14.1. The van der Waals surface area contributed by atoms with Gasteiger partial charge in [-0.1, -0.05) is 0 Å². The molecule has 2 aliphatic rings. The number of rotatable bonds is 2. The molecule has 2 aliphatic heterocycles. The van der Waals surface area contributed by atoms with Crippen LogP contribution >= 0.6 is 0 Å². The normalized spacial score (nSPS) is 21.2. The first-order valence-electron chi connectivity index (χ1n) is 7.43. The van der Waals surface area contributed by atoms with E-state index in [1.54, 1.807) is 0 Å². The highest BCUT2D eigenvalue weighted by molar-refractivity contribution is 5.94. The first-order valence-corrected chi connectivity index (χ1v) is 7.43. The van der Waals surface area contributed by atoms with Crippen molar-refractivity contribution in [2.24, 2.45) is 0 Å². The molecular weight excluding hydrogens is 268 g/mol. The molecule has 1 aromatic heterocycles. The largest absolute Gasteiger partial charge is 0.486 e. The quantitative estimate of drug-likeness (QED) is 0.919. The third-order valence-electron chi connectivity index (χ3n) is 3.93. The van der Waals surface area contributed by atoms with E-state index in [-0.39, 0.29) is 0 Å². The smallest absolute Gasteiger partial charge is 0.162 e. The lowest BCUT2D eigenvalue weighted by Gasteiger charge is -2.24. The van der Waals surface area contributed by atoms with Crippen LogP contribution < -0.4 is 14.8 Å². The molecule has 1 fully saturated rings. The molecule has 110 valence electrons. The van der Waals surface area contributed by atoms with Crippen molar-refractivity contribution in [3.05, 3.63) is 24.4 Å². The van der Waals surface area contributed by atoms with Crippen molar-refractivity contribution < 1.29 is 14.2 Å². The Labute approximate surface area is 123 Å². The highest BCUT2D eigenvalue weighted by Gasteiger charge is 2.18. The maximum atomic E-state index is 5.67. The van der Waals surface area contributed by atoms with Crippen LogP contribution in [0.5, 0.6) is 11.5 Å². The molecule has 2 aromatic rings. The Morgan fingerprint density at radius 1 is 1.10 bits per heavy atom. The van der Waals surface area contributed by atoms with Crippen molar-refractivity contribution in [3.63, 3.8) is 0 Å². The SMILES string of the molecule is c1cc2cc3c(cc2c(NC2CCCOC2)n1)OCCO3. The third kappa shape index (κ3) is 2.49. The lowest BCUT2D eigenvalue weighted by Crippen LogP contribution is -2.30. The molecule has 1 unspecified atom stereocenters. The first kappa shape index (κ1) is 12.7. The Hall–Kier alpha value is -2.01. The van der Waals surface area contributed by atoms with Gasteiger partial charge in [0.15, 0.2) is 11.5 Å². The number of benzene rings is 1. The fraction of sp³-hybridized carbons (Fsp3) is 0.438. The van der Waals surface area contributed by atoms with Gasteiger partial charge in [-0.15, -0.1) is 0 Å². The fourth-order valence-corrected chi connectivity index (χ4v) is 2.87. The molecule has 21 heavy (non-hydrogen) atoms. The number of fused-ring (bicyclic) bond motifs is 2. The number of anilines is 1. The fourth-order valence-electron chi connectivity index (χ4n) is 2.87. The van der Waals surface area contributed by atoms with Crippen molar-refractivity contribution in [1.82, 2.24) is 4.98 Å². The lowest BCUT2D eigenvalue weighted by molar-refractivity contribution is 0.0875. The van der Waals surface area contributed by atoms with Gasteiger partial charge < -0.3 is 19.5 Å². The maximum Gasteiger partial charge on any atom is 0.162 e. The molecule has 4 rings (SSSR count). The molecule has 1 N–H and O–H groups in total. The second-order valence-electron chi connectivity index (χ2n) is 5.43. The van der Waals surface area contributed by atoms with E-state index in [0.717, 1.165) is 54.1 Å². The molecule has 0 radical (unpaired) electrons. The summed E-state index contributed by atoms with van der Waals surface area (Å²) in [5.74, 6) is 2.50. The molecule has 0 amide bonds. The van der Waals surface area contributed by atoms with E-state index in [1.807, 2.05) is 24.4 Å². The molecule has 5 nitrogen and oxygen atoms in total. The Balaban J connectivity index is 1.71. The zero-order valence-corrected chi connectivity index (χ0v) is 11.8. The highest BCUT2D eigenvalue weighted by Crippen LogP contribution is 2.36. The number of nitrogens with zero attached hydrogens (tertiary/aromatic N) is 1. The van der Waals surface area contributed by atoms with Crippen molar-refractivity contribution in [1.29, 1.82) is 0 Å². The molecule has 3 heterocycles.